The van der Waals surface area contributed by atoms with Crippen LogP contribution in [0.25, 0.3) is 89.0 Å². The molecule has 0 amide bonds. The molecule has 11 rings (SSSR count). The number of hydrogen-bond acceptors (Lipinski definition) is 0. The molecule has 340 valence electrons. The summed E-state index contributed by atoms with van der Waals surface area (Å²) in [6, 6.07) is 90.9. The van der Waals surface area contributed by atoms with Gasteiger partial charge >= 0.3 is 0 Å². The zero-order valence-corrected chi connectivity index (χ0v) is 40.9. The van der Waals surface area contributed by atoms with Crippen LogP contribution in [0.4, 0.5) is 0 Å². The normalized spacial score (nSPS) is 13.3. The minimum Gasteiger partial charge on any atom is -0.0642 e. The lowest BCUT2D eigenvalue weighted by Gasteiger charge is -2.54. The van der Waals surface area contributed by atoms with E-state index in [4.69, 9.17) is 0 Å². The van der Waals surface area contributed by atoms with Gasteiger partial charge in [-0.3, -0.25) is 0 Å². The molecule has 0 heteroatoms. The fourth-order valence-corrected chi connectivity index (χ4v) is 12.7. The molecule has 0 saturated heterocycles. The third-order valence-corrected chi connectivity index (χ3v) is 15.8. The molecule has 0 nitrogen and oxygen atoms in total. The number of fused-ring (bicyclic) bond motifs is 2. The Labute approximate surface area is 416 Å². The van der Waals surface area contributed by atoms with Crippen molar-refractivity contribution < 1.29 is 0 Å². The highest BCUT2D eigenvalue weighted by Crippen LogP contribution is 2.68. The highest BCUT2D eigenvalue weighted by atomic mass is 14.6. The minimum absolute atomic E-state index is 0.473. The van der Waals surface area contributed by atoms with Crippen LogP contribution in [0.3, 0.4) is 0 Å². The topological polar surface area (TPSA) is 0 Å². The SMILES string of the molecule is CCC1(CC)c2c(-c3ccccc3)c(-c3ccccc3)c(-c3ccccc3)c(-c3ccccc3)c2C(CC)(CC)c2c(-c3ccccc3)c(-c3ccccc3)c(-c3ccccc3)c(-c3ccccc3)c21. The van der Waals surface area contributed by atoms with Crippen LogP contribution >= 0.6 is 0 Å². The van der Waals surface area contributed by atoms with Gasteiger partial charge in [-0.15, -0.1) is 0 Å². The summed E-state index contributed by atoms with van der Waals surface area (Å²) in [5.41, 5.74) is 25.4. The van der Waals surface area contributed by atoms with E-state index in [1.807, 2.05) is 0 Å². The van der Waals surface area contributed by atoms with E-state index in [9.17, 15) is 0 Å². The molecule has 0 bridgehead atoms. The second kappa shape index (κ2) is 18.9. The molecular weight excluding hydrogens is 841 g/mol. The maximum absolute atomic E-state index is 2.48. The number of benzene rings is 10. The van der Waals surface area contributed by atoms with Crippen LogP contribution in [0.2, 0.25) is 0 Å². The minimum atomic E-state index is -0.473. The van der Waals surface area contributed by atoms with E-state index in [1.165, 1.54) is 111 Å². The van der Waals surface area contributed by atoms with Crippen molar-refractivity contribution in [3.05, 3.63) is 265 Å². The lowest BCUT2D eigenvalue weighted by atomic mass is 9.48. The third kappa shape index (κ3) is 7.11. The van der Waals surface area contributed by atoms with Crippen molar-refractivity contribution in [3.8, 4) is 89.0 Å². The van der Waals surface area contributed by atoms with Crippen molar-refractivity contribution in [1.29, 1.82) is 0 Å². The Bertz CT molecular complexity index is 2930. The molecule has 0 radical (unpaired) electrons. The third-order valence-electron chi connectivity index (χ3n) is 15.8. The van der Waals surface area contributed by atoms with Crippen LogP contribution < -0.4 is 0 Å². The number of hydrogen-bond donors (Lipinski definition) is 0. The molecule has 1 aliphatic rings. The van der Waals surface area contributed by atoms with Gasteiger partial charge in [0.25, 0.3) is 0 Å². The van der Waals surface area contributed by atoms with Gasteiger partial charge in [0, 0.05) is 10.8 Å². The van der Waals surface area contributed by atoms with Crippen molar-refractivity contribution in [2.45, 2.75) is 64.2 Å². The molecular formula is C70H60. The van der Waals surface area contributed by atoms with E-state index < -0.39 is 10.8 Å². The van der Waals surface area contributed by atoms with Crippen molar-refractivity contribution in [2.75, 3.05) is 0 Å². The fourth-order valence-electron chi connectivity index (χ4n) is 12.7. The summed E-state index contributed by atoms with van der Waals surface area (Å²) in [7, 11) is 0. The van der Waals surface area contributed by atoms with Gasteiger partial charge in [-0.1, -0.05) is 270 Å². The lowest BCUT2D eigenvalue weighted by Crippen LogP contribution is -2.44. The standard InChI is InChI=1S/C70H60/c1-5-69(6-2)65-61(53-41-25-13-26-42-53)57(49-33-17-9-18-34-49)59(51-37-21-11-22-38-51)63(55-45-29-15-30-46-55)67(65)70(7-3,8-4)68-64(56-47-31-16-32-48-56)60(52-39-23-12-24-40-52)58(50-35-19-10-20-36-50)62(66(68)69)54-43-27-14-28-44-54/h9-48H,5-8H2,1-4H3. The molecule has 10 aromatic rings. The van der Waals surface area contributed by atoms with E-state index in [-0.39, 0.29) is 0 Å². The van der Waals surface area contributed by atoms with Gasteiger partial charge in [0.2, 0.25) is 0 Å². The molecule has 0 atom stereocenters. The van der Waals surface area contributed by atoms with Crippen LogP contribution in [-0.2, 0) is 10.8 Å². The van der Waals surface area contributed by atoms with Gasteiger partial charge in [-0.2, -0.15) is 0 Å². The van der Waals surface area contributed by atoms with Crippen molar-refractivity contribution in [3.63, 3.8) is 0 Å². The molecule has 0 saturated carbocycles. The quantitative estimate of drug-likeness (QED) is 0.115. The van der Waals surface area contributed by atoms with Crippen LogP contribution in [0, 0.1) is 0 Å². The first-order chi connectivity index (χ1) is 34.6. The molecule has 0 aliphatic heterocycles. The molecule has 0 N–H and O–H groups in total. The largest absolute Gasteiger partial charge is 0.0642 e. The first-order valence-electron chi connectivity index (χ1n) is 25.5. The van der Waals surface area contributed by atoms with Gasteiger partial charge in [-0.25, -0.2) is 0 Å². The second-order valence-corrected chi connectivity index (χ2v) is 19.0. The molecule has 70 heavy (non-hydrogen) atoms. The number of rotatable bonds is 12. The molecule has 0 spiro atoms. The molecule has 1 aliphatic carbocycles. The van der Waals surface area contributed by atoms with Crippen LogP contribution in [0.15, 0.2) is 243 Å². The zero-order valence-electron chi connectivity index (χ0n) is 40.9. The summed E-state index contributed by atoms with van der Waals surface area (Å²) in [6.45, 7) is 9.93. The average molecular weight is 901 g/mol. The summed E-state index contributed by atoms with van der Waals surface area (Å²) in [5, 5.41) is 0. The Hall–Kier alpha value is -7.80. The molecule has 0 aromatic heterocycles. The Morgan fingerprint density at radius 3 is 0.443 bits per heavy atom. The van der Waals surface area contributed by atoms with Gasteiger partial charge in [0.05, 0.1) is 0 Å². The zero-order chi connectivity index (χ0) is 47.7. The maximum atomic E-state index is 2.48. The average Bonchev–Trinajstić information content (AvgIpc) is 3.45. The smallest absolute Gasteiger partial charge is 0.0217 e. The fraction of sp³-hybridized carbons (Fsp3) is 0.143. The summed E-state index contributed by atoms with van der Waals surface area (Å²) in [6.07, 6.45) is 3.58. The predicted octanol–water partition coefficient (Wildman–Crippen LogP) is 19.5. The highest BCUT2D eigenvalue weighted by molar-refractivity contribution is 6.10. The Morgan fingerprint density at radius 1 is 0.186 bits per heavy atom. The maximum Gasteiger partial charge on any atom is 0.0217 e. The monoisotopic (exact) mass is 900 g/mol. The van der Waals surface area contributed by atoms with E-state index in [2.05, 4.69) is 270 Å². The van der Waals surface area contributed by atoms with E-state index in [0.717, 1.165) is 25.7 Å². The first kappa shape index (κ1) is 44.7. The van der Waals surface area contributed by atoms with Gasteiger partial charge in [0.1, 0.15) is 0 Å². The van der Waals surface area contributed by atoms with Gasteiger partial charge in [-0.05, 0) is 137 Å². The van der Waals surface area contributed by atoms with Gasteiger partial charge < -0.3 is 0 Å². The van der Waals surface area contributed by atoms with E-state index >= 15 is 0 Å². The predicted molar refractivity (Wildman–Crippen MR) is 299 cm³/mol. The molecule has 0 heterocycles. The van der Waals surface area contributed by atoms with Crippen molar-refractivity contribution in [1.82, 2.24) is 0 Å². The van der Waals surface area contributed by atoms with E-state index in [1.54, 1.807) is 0 Å². The lowest BCUT2D eigenvalue weighted by molar-refractivity contribution is 0.392. The Morgan fingerprint density at radius 2 is 0.314 bits per heavy atom. The first-order valence-corrected chi connectivity index (χ1v) is 25.5. The van der Waals surface area contributed by atoms with Crippen LogP contribution in [0.5, 0.6) is 0 Å². The Balaban J connectivity index is 1.53. The summed E-state index contributed by atoms with van der Waals surface area (Å²) in [5.74, 6) is 0. The van der Waals surface area contributed by atoms with Crippen LogP contribution in [-0.4, -0.2) is 0 Å². The summed E-state index contributed by atoms with van der Waals surface area (Å²) < 4.78 is 0. The molecule has 10 aromatic carbocycles. The summed E-state index contributed by atoms with van der Waals surface area (Å²) in [4.78, 5) is 0. The summed E-state index contributed by atoms with van der Waals surface area (Å²) >= 11 is 0. The highest BCUT2D eigenvalue weighted by Gasteiger charge is 2.54. The van der Waals surface area contributed by atoms with Gasteiger partial charge in [0.15, 0.2) is 0 Å². The second-order valence-electron chi connectivity index (χ2n) is 19.0. The molecule has 0 unspecified atom stereocenters. The van der Waals surface area contributed by atoms with E-state index in [0.29, 0.717) is 0 Å². The Kier molecular flexibility index (Phi) is 12.1. The molecule has 0 fully saturated rings. The van der Waals surface area contributed by atoms with Crippen molar-refractivity contribution in [2.24, 2.45) is 0 Å². The van der Waals surface area contributed by atoms with Crippen LogP contribution in [0.1, 0.15) is 75.6 Å². The van der Waals surface area contributed by atoms with Crippen molar-refractivity contribution >= 4 is 0 Å².